The third-order valence-electron chi connectivity index (χ3n) is 3.49. The number of halogens is 1. The smallest absolute Gasteiger partial charge is 0.242 e. The van der Waals surface area contributed by atoms with Crippen LogP contribution in [0.5, 0.6) is 0 Å². The SMILES string of the molecule is CC1OCCC1(O)CNS(=O)(=O)c1ccc(F)cc1N. The predicted octanol–water partition coefficient (Wildman–Crippen LogP) is 0.226. The number of ether oxygens (including phenoxy) is 1. The van der Waals surface area contributed by atoms with Gasteiger partial charge in [0.15, 0.2) is 0 Å². The molecule has 0 aromatic heterocycles. The molecule has 0 spiro atoms. The second-order valence-electron chi connectivity index (χ2n) is 4.87. The van der Waals surface area contributed by atoms with Crippen molar-refractivity contribution < 1.29 is 22.7 Å². The number of hydrogen-bond acceptors (Lipinski definition) is 5. The highest BCUT2D eigenvalue weighted by Gasteiger charge is 2.40. The Kier molecular flexibility index (Phi) is 4.01. The van der Waals surface area contributed by atoms with E-state index in [0.29, 0.717) is 13.0 Å². The average Bonchev–Trinajstić information content (AvgIpc) is 2.68. The van der Waals surface area contributed by atoms with E-state index in [1.165, 1.54) is 0 Å². The number of aliphatic hydroxyl groups is 1. The van der Waals surface area contributed by atoms with Crippen LogP contribution in [-0.4, -0.2) is 38.4 Å². The number of hydrogen-bond donors (Lipinski definition) is 3. The van der Waals surface area contributed by atoms with Crippen LogP contribution in [0.15, 0.2) is 23.1 Å². The first kappa shape index (κ1) is 15.2. The lowest BCUT2D eigenvalue weighted by Gasteiger charge is -2.26. The van der Waals surface area contributed by atoms with Gasteiger partial charge in [0.25, 0.3) is 0 Å². The molecule has 112 valence electrons. The fourth-order valence-electron chi connectivity index (χ4n) is 2.06. The maximum Gasteiger partial charge on any atom is 0.242 e. The molecule has 0 aliphatic carbocycles. The van der Waals surface area contributed by atoms with Crippen molar-refractivity contribution in [3.8, 4) is 0 Å². The highest BCUT2D eigenvalue weighted by atomic mass is 32.2. The molecule has 0 amide bonds. The zero-order valence-corrected chi connectivity index (χ0v) is 11.8. The number of sulfonamides is 1. The average molecular weight is 304 g/mol. The van der Waals surface area contributed by atoms with Crippen molar-refractivity contribution in [2.24, 2.45) is 0 Å². The number of benzene rings is 1. The van der Waals surface area contributed by atoms with E-state index in [9.17, 15) is 17.9 Å². The van der Waals surface area contributed by atoms with Gasteiger partial charge in [0, 0.05) is 19.6 Å². The molecular formula is C12H17FN2O4S. The molecule has 20 heavy (non-hydrogen) atoms. The van der Waals surface area contributed by atoms with E-state index in [2.05, 4.69) is 4.72 Å². The molecule has 8 heteroatoms. The van der Waals surface area contributed by atoms with E-state index in [4.69, 9.17) is 10.5 Å². The van der Waals surface area contributed by atoms with Gasteiger partial charge in [-0.3, -0.25) is 0 Å². The van der Waals surface area contributed by atoms with Crippen LogP contribution in [0.1, 0.15) is 13.3 Å². The van der Waals surface area contributed by atoms with Crippen molar-refractivity contribution >= 4 is 15.7 Å². The Morgan fingerprint density at radius 2 is 2.30 bits per heavy atom. The van der Waals surface area contributed by atoms with Gasteiger partial charge in [0.2, 0.25) is 10.0 Å². The van der Waals surface area contributed by atoms with E-state index in [-0.39, 0.29) is 17.1 Å². The summed E-state index contributed by atoms with van der Waals surface area (Å²) in [5.74, 6) is -0.613. The summed E-state index contributed by atoms with van der Waals surface area (Å²) in [6, 6.07) is 3.04. The third kappa shape index (κ3) is 2.93. The van der Waals surface area contributed by atoms with E-state index < -0.39 is 27.5 Å². The highest BCUT2D eigenvalue weighted by Crippen LogP contribution is 2.26. The minimum Gasteiger partial charge on any atom is -0.398 e. The van der Waals surface area contributed by atoms with E-state index in [0.717, 1.165) is 18.2 Å². The number of nitrogens with two attached hydrogens (primary N) is 1. The van der Waals surface area contributed by atoms with Crippen LogP contribution in [0.4, 0.5) is 10.1 Å². The Balaban J connectivity index is 2.15. The van der Waals surface area contributed by atoms with Crippen LogP contribution in [0.25, 0.3) is 0 Å². The molecule has 2 atom stereocenters. The summed E-state index contributed by atoms with van der Waals surface area (Å²) in [5, 5.41) is 10.2. The van der Waals surface area contributed by atoms with E-state index in [1.807, 2.05) is 0 Å². The summed E-state index contributed by atoms with van der Waals surface area (Å²) in [4.78, 5) is -0.214. The first-order valence-electron chi connectivity index (χ1n) is 6.13. The Hall–Kier alpha value is -1.22. The van der Waals surface area contributed by atoms with Crippen LogP contribution in [0.3, 0.4) is 0 Å². The Morgan fingerprint density at radius 3 is 2.85 bits per heavy atom. The molecule has 6 nitrogen and oxygen atoms in total. The first-order valence-corrected chi connectivity index (χ1v) is 7.62. The monoisotopic (exact) mass is 304 g/mol. The minimum absolute atomic E-state index is 0.180. The standard InChI is InChI=1S/C12H17FN2O4S/c1-8-12(16,4-5-19-8)7-15-20(17,18)11-3-2-9(13)6-10(11)14/h2-3,6,8,15-16H,4-5,7,14H2,1H3. The molecule has 1 saturated heterocycles. The van der Waals surface area contributed by atoms with Gasteiger partial charge in [-0.15, -0.1) is 0 Å². The maximum atomic E-state index is 12.9. The maximum absolute atomic E-state index is 12.9. The van der Waals surface area contributed by atoms with Gasteiger partial charge < -0.3 is 15.6 Å². The van der Waals surface area contributed by atoms with Gasteiger partial charge in [0.05, 0.1) is 11.8 Å². The van der Waals surface area contributed by atoms with Gasteiger partial charge in [0.1, 0.15) is 16.3 Å². The Bertz CT molecular complexity index is 607. The summed E-state index contributed by atoms with van der Waals surface area (Å²) in [6.07, 6.45) is -0.119. The summed E-state index contributed by atoms with van der Waals surface area (Å²) < 4.78 is 44.6. The summed E-state index contributed by atoms with van der Waals surface area (Å²) in [6.45, 7) is 1.86. The molecule has 1 aliphatic rings. The number of nitrogen functional groups attached to an aromatic ring is 1. The Labute approximate surface area is 116 Å². The molecule has 1 fully saturated rings. The van der Waals surface area contributed by atoms with Crippen LogP contribution >= 0.6 is 0 Å². The molecule has 1 aromatic rings. The molecule has 2 rings (SSSR count). The molecule has 0 radical (unpaired) electrons. The van der Waals surface area contributed by atoms with Gasteiger partial charge in [-0.05, 0) is 25.1 Å². The van der Waals surface area contributed by atoms with Gasteiger partial charge in [-0.25, -0.2) is 17.5 Å². The zero-order chi connectivity index (χ0) is 15.0. The lowest BCUT2D eigenvalue weighted by atomic mass is 9.97. The fraction of sp³-hybridized carbons (Fsp3) is 0.500. The second-order valence-corrected chi connectivity index (χ2v) is 6.61. The normalized spacial score (nSPS) is 26.9. The molecule has 2 unspecified atom stereocenters. The van der Waals surface area contributed by atoms with Crippen LogP contribution in [-0.2, 0) is 14.8 Å². The molecule has 1 heterocycles. The second kappa shape index (κ2) is 5.28. The zero-order valence-electron chi connectivity index (χ0n) is 11.0. The van der Waals surface area contributed by atoms with E-state index in [1.54, 1.807) is 6.92 Å². The molecular weight excluding hydrogens is 287 g/mol. The Morgan fingerprint density at radius 1 is 1.60 bits per heavy atom. The lowest BCUT2D eigenvalue weighted by molar-refractivity contribution is -0.0228. The number of rotatable bonds is 4. The first-order chi connectivity index (χ1) is 9.24. The van der Waals surface area contributed by atoms with Gasteiger partial charge >= 0.3 is 0 Å². The largest absolute Gasteiger partial charge is 0.398 e. The summed E-state index contributed by atoms with van der Waals surface area (Å²) in [5.41, 5.74) is 4.08. The predicted molar refractivity (Wildman–Crippen MR) is 71.0 cm³/mol. The molecule has 1 aromatic carbocycles. The van der Waals surface area contributed by atoms with Crippen LogP contribution in [0, 0.1) is 5.82 Å². The van der Waals surface area contributed by atoms with Crippen molar-refractivity contribution in [2.75, 3.05) is 18.9 Å². The minimum atomic E-state index is -3.91. The third-order valence-corrected chi connectivity index (χ3v) is 4.96. The summed E-state index contributed by atoms with van der Waals surface area (Å²) in [7, 11) is -3.91. The molecule has 1 aliphatic heterocycles. The van der Waals surface area contributed by atoms with Crippen molar-refractivity contribution in [1.82, 2.24) is 4.72 Å². The lowest BCUT2D eigenvalue weighted by Crippen LogP contribution is -2.47. The van der Waals surface area contributed by atoms with Gasteiger partial charge in [-0.2, -0.15) is 0 Å². The number of nitrogens with one attached hydrogen (secondary N) is 1. The topological polar surface area (TPSA) is 102 Å². The van der Waals surface area contributed by atoms with E-state index >= 15 is 0 Å². The fourth-order valence-corrected chi connectivity index (χ4v) is 3.28. The summed E-state index contributed by atoms with van der Waals surface area (Å²) >= 11 is 0. The van der Waals surface area contributed by atoms with Crippen LogP contribution in [0.2, 0.25) is 0 Å². The molecule has 0 saturated carbocycles. The van der Waals surface area contributed by atoms with Crippen molar-refractivity contribution in [1.29, 1.82) is 0 Å². The molecule has 0 bridgehead atoms. The quantitative estimate of drug-likeness (QED) is 0.691. The van der Waals surface area contributed by atoms with Crippen LogP contribution < -0.4 is 10.5 Å². The van der Waals surface area contributed by atoms with Crippen molar-refractivity contribution in [2.45, 2.75) is 29.9 Å². The highest BCUT2D eigenvalue weighted by molar-refractivity contribution is 7.89. The van der Waals surface area contributed by atoms with Crippen molar-refractivity contribution in [3.63, 3.8) is 0 Å². The van der Waals surface area contributed by atoms with Gasteiger partial charge in [-0.1, -0.05) is 0 Å². The number of anilines is 1. The van der Waals surface area contributed by atoms with Crippen molar-refractivity contribution in [3.05, 3.63) is 24.0 Å². The molecule has 4 N–H and O–H groups in total.